The van der Waals surface area contributed by atoms with E-state index in [-0.39, 0.29) is 0 Å². The first-order valence-corrected chi connectivity index (χ1v) is 9.62. The van der Waals surface area contributed by atoms with Gasteiger partial charge in [-0.05, 0) is 24.8 Å². The molecule has 22 heavy (non-hydrogen) atoms. The second-order valence-corrected chi connectivity index (χ2v) is 6.55. The monoisotopic (exact) mass is 304 g/mol. The van der Waals surface area contributed by atoms with Gasteiger partial charge in [-0.25, -0.2) is 9.97 Å². The molecular formula is C20H36N2. The Morgan fingerprint density at radius 2 is 1.23 bits per heavy atom. The number of aryl methyl sites for hydroxylation is 1. The third-order valence-corrected chi connectivity index (χ3v) is 4.56. The van der Waals surface area contributed by atoms with Gasteiger partial charge in [-0.3, -0.25) is 0 Å². The Morgan fingerprint density at radius 1 is 0.727 bits per heavy atom. The molecule has 1 unspecified atom stereocenters. The summed E-state index contributed by atoms with van der Waals surface area (Å²) in [5.74, 6) is 1.66. The standard InChI is InChI=1S/C20H36N2/c1-4-7-9-11-13-15-19(14-12-10-8-5-2)20-21-16-18(6-3)17-22-20/h16-17,19H,4-15H2,1-3H3. The van der Waals surface area contributed by atoms with E-state index in [0.717, 1.165) is 12.2 Å². The van der Waals surface area contributed by atoms with Gasteiger partial charge in [0.25, 0.3) is 0 Å². The summed E-state index contributed by atoms with van der Waals surface area (Å²) < 4.78 is 0. The average Bonchev–Trinajstić information content (AvgIpc) is 2.56. The van der Waals surface area contributed by atoms with Crippen molar-refractivity contribution in [1.82, 2.24) is 9.97 Å². The van der Waals surface area contributed by atoms with E-state index < -0.39 is 0 Å². The normalized spacial score (nSPS) is 12.5. The zero-order chi connectivity index (χ0) is 16.0. The molecule has 0 aliphatic heterocycles. The number of rotatable bonds is 13. The van der Waals surface area contributed by atoms with Crippen molar-refractivity contribution in [2.24, 2.45) is 0 Å². The van der Waals surface area contributed by atoms with Crippen LogP contribution >= 0.6 is 0 Å². The fourth-order valence-electron chi connectivity index (χ4n) is 2.97. The van der Waals surface area contributed by atoms with Gasteiger partial charge in [0, 0.05) is 18.3 Å². The van der Waals surface area contributed by atoms with Gasteiger partial charge in [-0.2, -0.15) is 0 Å². The molecule has 2 nitrogen and oxygen atoms in total. The van der Waals surface area contributed by atoms with E-state index in [1.54, 1.807) is 0 Å². The molecule has 1 aromatic heterocycles. The number of aromatic nitrogens is 2. The molecule has 0 aliphatic rings. The summed E-state index contributed by atoms with van der Waals surface area (Å²) >= 11 is 0. The summed E-state index contributed by atoms with van der Waals surface area (Å²) in [5, 5.41) is 0. The molecule has 0 aromatic carbocycles. The minimum Gasteiger partial charge on any atom is -0.241 e. The second-order valence-electron chi connectivity index (χ2n) is 6.55. The van der Waals surface area contributed by atoms with Crippen LogP contribution in [0, 0.1) is 0 Å². The summed E-state index contributed by atoms with van der Waals surface area (Å²) in [7, 11) is 0. The maximum Gasteiger partial charge on any atom is 0.131 e. The topological polar surface area (TPSA) is 25.8 Å². The summed E-state index contributed by atoms with van der Waals surface area (Å²) in [5.41, 5.74) is 1.25. The maximum atomic E-state index is 4.65. The van der Waals surface area contributed by atoms with Gasteiger partial charge in [-0.1, -0.05) is 78.6 Å². The van der Waals surface area contributed by atoms with E-state index in [0.29, 0.717) is 5.92 Å². The summed E-state index contributed by atoms with van der Waals surface area (Å²) in [6.07, 6.45) is 19.7. The minimum absolute atomic E-state index is 0.574. The van der Waals surface area contributed by atoms with Gasteiger partial charge in [0.05, 0.1) is 0 Å². The highest BCUT2D eigenvalue weighted by molar-refractivity contribution is 5.07. The van der Waals surface area contributed by atoms with Crippen LogP contribution in [0.1, 0.15) is 109 Å². The van der Waals surface area contributed by atoms with E-state index in [2.05, 4.69) is 30.7 Å². The van der Waals surface area contributed by atoms with Crippen LogP contribution in [0.4, 0.5) is 0 Å². The van der Waals surface area contributed by atoms with Crippen LogP contribution in [0.5, 0.6) is 0 Å². The highest BCUT2D eigenvalue weighted by Gasteiger charge is 2.14. The van der Waals surface area contributed by atoms with E-state index in [4.69, 9.17) is 0 Å². The lowest BCUT2D eigenvalue weighted by Crippen LogP contribution is -2.06. The van der Waals surface area contributed by atoms with Gasteiger partial charge in [0.2, 0.25) is 0 Å². The lowest BCUT2D eigenvalue weighted by atomic mass is 9.93. The van der Waals surface area contributed by atoms with Crippen molar-refractivity contribution in [3.63, 3.8) is 0 Å². The van der Waals surface area contributed by atoms with Crippen molar-refractivity contribution in [3.05, 3.63) is 23.8 Å². The predicted octanol–water partition coefficient (Wildman–Crippen LogP) is 6.45. The number of unbranched alkanes of at least 4 members (excludes halogenated alkanes) is 7. The number of nitrogens with zero attached hydrogens (tertiary/aromatic N) is 2. The van der Waals surface area contributed by atoms with Crippen molar-refractivity contribution in [2.45, 2.75) is 104 Å². The summed E-state index contributed by atoms with van der Waals surface area (Å²) in [4.78, 5) is 9.31. The summed E-state index contributed by atoms with van der Waals surface area (Å²) in [6.45, 7) is 6.71. The first kappa shape index (κ1) is 19.1. The highest BCUT2D eigenvalue weighted by Crippen LogP contribution is 2.26. The van der Waals surface area contributed by atoms with Crippen molar-refractivity contribution >= 4 is 0 Å². The van der Waals surface area contributed by atoms with Crippen molar-refractivity contribution in [3.8, 4) is 0 Å². The van der Waals surface area contributed by atoms with Crippen LogP contribution in [0.15, 0.2) is 12.4 Å². The summed E-state index contributed by atoms with van der Waals surface area (Å²) in [6, 6.07) is 0. The molecule has 0 radical (unpaired) electrons. The lowest BCUT2D eigenvalue weighted by Gasteiger charge is -2.16. The fourth-order valence-corrected chi connectivity index (χ4v) is 2.97. The third-order valence-electron chi connectivity index (χ3n) is 4.56. The Hall–Kier alpha value is -0.920. The first-order chi connectivity index (χ1) is 10.8. The maximum absolute atomic E-state index is 4.65. The molecule has 126 valence electrons. The lowest BCUT2D eigenvalue weighted by molar-refractivity contribution is 0.476. The zero-order valence-electron chi connectivity index (χ0n) is 15.1. The van der Waals surface area contributed by atoms with E-state index in [9.17, 15) is 0 Å². The molecule has 1 heterocycles. The molecule has 0 N–H and O–H groups in total. The van der Waals surface area contributed by atoms with Crippen LogP contribution < -0.4 is 0 Å². The van der Waals surface area contributed by atoms with Gasteiger partial charge in [0.1, 0.15) is 5.82 Å². The fraction of sp³-hybridized carbons (Fsp3) is 0.800. The van der Waals surface area contributed by atoms with Crippen molar-refractivity contribution < 1.29 is 0 Å². The smallest absolute Gasteiger partial charge is 0.131 e. The molecule has 0 saturated carbocycles. The second kappa shape index (κ2) is 12.6. The molecule has 1 aromatic rings. The molecule has 0 saturated heterocycles. The molecule has 1 atom stereocenters. The van der Waals surface area contributed by atoms with Gasteiger partial charge >= 0.3 is 0 Å². The predicted molar refractivity (Wildman–Crippen MR) is 96.3 cm³/mol. The Bertz CT molecular complexity index is 358. The molecular weight excluding hydrogens is 268 g/mol. The molecule has 0 spiro atoms. The average molecular weight is 305 g/mol. The van der Waals surface area contributed by atoms with E-state index in [1.807, 2.05) is 12.4 Å². The SMILES string of the molecule is CCCCCCCC(CCCCCC)c1ncc(CC)cn1. The molecule has 1 rings (SSSR count). The van der Waals surface area contributed by atoms with Crippen LogP contribution in [-0.4, -0.2) is 9.97 Å². The van der Waals surface area contributed by atoms with Crippen LogP contribution in [0.25, 0.3) is 0 Å². The van der Waals surface area contributed by atoms with E-state index in [1.165, 1.54) is 76.2 Å². The molecule has 0 fully saturated rings. The molecule has 0 amide bonds. The van der Waals surface area contributed by atoms with Crippen LogP contribution in [-0.2, 0) is 6.42 Å². The number of hydrogen-bond donors (Lipinski definition) is 0. The molecule has 0 bridgehead atoms. The molecule has 0 aliphatic carbocycles. The van der Waals surface area contributed by atoms with Gasteiger partial charge in [0.15, 0.2) is 0 Å². The Balaban J connectivity index is 2.48. The Labute approximate surface area is 138 Å². The van der Waals surface area contributed by atoms with Crippen LogP contribution in [0.3, 0.4) is 0 Å². The Morgan fingerprint density at radius 3 is 1.73 bits per heavy atom. The first-order valence-electron chi connectivity index (χ1n) is 9.62. The van der Waals surface area contributed by atoms with Crippen molar-refractivity contribution in [2.75, 3.05) is 0 Å². The Kier molecular flexibility index (Phi) is 11.0. The minimum atomic E-state index is 0.574. The van der Waals surface area contributed by atoms with Crippen molar-refractivity contribution in [1.29, 1.82) is 0 Å². The highest BCUT2D eigenvalue weighted by atomic mass is 14.9. The largest absolute Gasteiger partial charge is 0.241 e. The molecule has 2 heteroatoms. The van der Waals surface area contributed by atoms with Gasteiger partial charge < -0.3 is 0 Å². The van der Waals surface area contributed by atoms with Gasteiger partial charge in [-0.15, -0.1) is 0 Å². The number of hydrogen-bond acceptors (Lipinski definition) is 2. The quantitative estimate of drug-likeness (QED) is 0.391. The van der Waals surface area contributed by atoms with E-state index >= 15 is 0 Å². The third kappa shape index (κ3) is 7.91. The zero-order valence-corrected chi connectivity index (χ0v) is 15.1. The van der Waals surface area contributed by atoms with Crippen LogP contribution in [0.2, 0.25) is 0 Å².